The van der Waals surface area contributed by atoms with E-state index in [1.54, 1.807) is 4.90 Å². The lowest BCUT2D eigenvalue weighted by Crippen LogP contribution is -2.54. The van der Waals surface area contributed by atoms with E-state index in [2.05, 4.69) is 44.2 Å². The van der Waals surface area contributed by atoms with Crippen LogP contribution < -0.4 is 10.4 Å². The van der Waals surface area contributed by atoms with Crippen LogP contribution >= 0.6 is 0 Å². The fourth-order valence-electron chi connectivity index (χ4n) is 6.37. The van der Waals surface area contributed by atoms with Crippen LogP contribution in [0, 0.1) is 0 Å². The lowest BCUT2D eigenvalue weighted by molar-refractivity contribution is -0.125. The Morgan fingerprint density at radius 1 is 0.944 bits per heavy atom. The Labute approximate surface area is 212 Å². The fraction of sp³-hybridized carbons (Fsp3) is 0.375. The van der Waals surface area contributed by atoms with E-state index >= 15 is 0 Å². The molecule has 1 atom stereocenters. The molecule has 4 heteroatoms. The molecule has 0 N–H and O–H groups in total. The smallest absolute Gasteiger partial charge is 0.261 e. The Hall–Kier alpha value is -3.40. The van der Waals surface area contributed by atoms with Gasteiger partial charge in [0.2, 0.25) is 0 Å². The van der Waals surface area contributed by atoms with Crippen molar-refractivity contribution in [2.45, 2.75) is 77.7 Å². The molecule has 0 fully saturated rings. The maximum atomic E-state index is 13.8. The fourth-order valence-corrected chi connectivity index (χ4v) is 6.37. The Bertz CT molecular complexity index is 1540. The number of nitrogens with zero attached hydrogens (tertiary/aromatic N) is 1. The monoisotopic (exact) mass is 479 g/mol. The molecule has 0 saturated carbocycles. The highest BCUT2D eigenvalue weighted by Gasteiger charge is 2.37. The number of benzene rings is 2. The van der Waals surface area contributed by atoms with Gasteiger partial charge in [-0.1, -0.05) is 63.5 Å². The molecular weight excluding hydrogens is 446 g/mol. The number of hydrogen-bond acceptors (Lipinski definition) is 3. The molecule has 4 nitrogen and oxygen atoms in total. The molecule has 3 aromatic rings. The van der Waals surface area contributed by atoms with Crippen LogP contribution in [0.5, 0.6) is 0 Å². The van der Waals surface area contributed by atoms with Crippen molar-refractivity contribution in [2.75, 3.05) is 0 Å². The summed E-state index contributed by atoms with van der Waals surface area (Å²) in [6.45, 7) is 4.26. The molecule has 1 aliphatic heterocycles. The van der Waals surface area contributed by atoms with E-state index < -0.39 is 0 Å². The maximum absolute atomic E-state index is 13.8. The van der Waals surface area contributed by atoms with Gasteiger partial charge < -0.3 is 4.42 Å². The first-order chi connectivity index (χ1) is 17.6. The highest BCUT2D eigenvalue weighted by molar-refractivity contribution is 6.25. The summed E-state index contributed by atoms with van der Waals surface area (Å²) < 4.78 is 6.18. The summed E-state index contributed by atoms with van der Waals surface area (Å²) >= 11 is 0. The number of aryl methyl sites for hydroxylation is 1. The van der Waals surface area contributed by atoms with Crippen molar-refractivity contribution in [3.05, 3.63) is 63.7 Å². The zero-order chi connectivity index (χ0) is 24.8. The third-order valence-corrected chi connectivity index (χ3v) is 8.16. The molecule has 36 heavy (non-hydrogen) atoms. The average Bonchev–Trinajstić information content (AvgIpc) is 3.29. The van der Waals surface area contributed by atoms with E-state index in [1.807, 2.05) is 18.2 Å². The van der Waals surface area contributed by atoms with E-state index in [4.69, 9.17) is 4.42 Å². The van der Waals surface area contributed by atoms with Gasteiger partial charge in [0.05, 0.1) is 0 Å². The summed E-state index contributed by atoms with van der Waals surface area (Å²) in [5, 5.41) is 3.05. The van der Waals surface area contributed by atoms with Crippen LogP contribution in [0.2, 0.25) is 0 Å². The van der Waals surface area contributed by atoms with Crippen molar-refractivity contribution < 1.29 is 14.0 Å². The molecule has 2 amide bonds. The highest BCUT2D eigenvalue weighted by Crippen LogP contribution is 2.37. The minimum atomic E-state index is -0.130. The van der Waals surface area contributed by atoms with Crippen molar-refractivity contribution in [2.24, 2.45) is 0 Å². The van der Waals surface area contributed by atoms with E-state index in [-0.39, 0.29) is 17.9 Å². The second kappa shape index (κ2) is 9.24. The zero-order valence-electron chi connectivity index (χ0n) is 21.2. The van der Waals surface area contributed by atoms with Gasteiger partial charge in [0.1, 0.15) is 11.3 Å². The van der Waals surface area contributed by atoms with Crippen molar-refractivity contribution in [1.82, 2.24) is 4.90 Å². The van der Waals surface area contributed by atoms with Crippen molar-refractivity contribution in [3.8, 4) is 11.1 Å². The molecule has 0 bridgehead atoms. The van der Waals surface area contributed by atoms with Crippen LogP contribution in [-0.2, 0) is 11.2 Å². The normalized spacial score (nSPS) is 17.3. The van der Waals surface area contributed by atoms with E-state index in [0.717, 1.165) is 95.2 Å². The van der Waals surface area contributed by atoms with Crippen LogP contribution in [-0.4, -0.2) is 22.8 Å². The number of unbranched alkanes of at least 4 members (excludes halogenated alkanes) is 2. The Kier molecular flexibility index (Phi) is 5.91. The summed E-state index contributed by atoms with van der Waals surface area (Å²) in [6, 6.07) is 10.2. The lowest BCUT2D eigenvalue weighted by atomic mass is 9.85. The number of carbonyl (C=O) groups is 2. The lowest BCUT2D eigenvalue weighted by Gasteiger charge is -2.34. The molecular formula is C32H33NO3. The molecule has 1 unspecified atom stereocenters. The maximum Gasteiger partial charge on any atom is 0.261 e. The van der Waals surface area contributed by atoms with Gasteiger partial charge in [-0.2, -0.15) is 0 Å². The first kappa shape index (κ1) is 23.0. The van der Waals surface area contributed by atoms with Crippen LogP contribution in [0.1, 0.15) is 86.9 Å². The Balaban J connectivity index is 1.52. The largest absolute Gasteiger partial charge is 0.456 e. The number of hydrogen-bond donors (Lipinski definition) is 0. The summed E-state index contributed by atoms with van der Waals surface area (Å²) in [5.41, 5.74) is 5.84. The highest BCUT2D eigenvalue weighted by atomic mass is 16.3. The minimum Gasteiger partial charge on any atom is -0.456 e. The number of allylic oxidation sites excluding steroid dienone is 1. The van der Waals surface area contributed by atoms with Crippen LogP contribution in [0.15, 0.2) is 40.8 Å². The first-order valence-electron chi connectivity index (χ1n) is 13.6. The molecule has 2 heterocycles. The summed E-state index contributed by atoms with van der Waals surface area (Å²) in [7, 11) is 0. The molecule has 2 aliphatic carbocycles. The van der Waals surface area contributed by atoms with Gasteiger partial charge in [-0.15, -0.1) is 0 Å². The van der Waals surface area contributed by atoms with Crippen molar-refractivity contribution >= 4 is 40.5 Å². The third kappa shape index (κ3) is 3.49. The number of furan rings is 1. The third-order valence-electron chi connectivity index (χ3n) is 8.16. The van der Waals surface area contributed by atoms with Gasteiger partial charge in [-0.05, 0) is 73.1 Å². The van der Waals surface area contributed by atoms with Gasteiger partial charge >= 0.3 is 0 Å². The van der Waals surface area contributed by atoms with Gasteiger partial charge in [0, 0.05) is 33.3 Å². The molecule has 0 radical (unpaired) electrons. The van der Waals surface area contributed by atoms with E-state index in [0.29, 0.717) is 12.0 Å². The molecule has 2 aromatic carbocycles. The predicted octanol–water partition coefficient (Wildman–Crippen LogP) is 6.13. The van der Waals surface area contributed by atoms with Crippen molar-refractivity contribution in [1.29, 1.82) is 0 Å². The zero-order valence-corrected chi connectivity index (χ0v) is 21.2. The standard InChI is InChI=1S/C32H33NO3/c1-3-5-6-11-20(4-2)33-31(34)25-15-9-13-22-21(18-19-26(29(22)25)32(33)35)23-14-10-17-28-30(23)24-12-7-8-16-27(24)36-28/h8,10,13-14,16-20H,3-7,9,11-12,15H2,1-2H3. The number of fused-ring (bicyclic) bond motifs is 3. The Morgan fingerprint density at radius 2 is 1.81 bits per heavy atom. The molecule has 6 rings (SSSR count). The molecule has 0 saturated heterocycles. The topological polar surface area (TPSA) is 50.5 Å². The van der Waals surface area contributed by atoms with Gasteiger partial charge in [0.25, 0.3) is 11.8 Å². The van der Waals surface area contributed by atoms with E-state index in [1.165, 1.54) is 5.56 Å². The van der Waals surface area contributed by atoms with E-state index in [9.17, 15) is 9.59 Å². The van der Waals surface area contributed by atoms with Crippen LogP contribution in [0.3, 0.4) is 0 Å². The Morgan fingerprint density at radius 3 is 2.64 bits per heavy atom. The van der Waals surface area contributed by atoms with Gasteiger partial charge in [-0.25, -0.2) is 0 Å². The number of rotatable bonds is 7. The SMILES string of the molecule is CCCCCC(CC)N1C(=O)C2=c3c(ccc(-c4cccc5oc6c(c45)CCC=C6)c3=CCC2)C1=O. The van der Waals surface area contributed by atoms with Gasteiger partial charge in [0.15, 0.2) is 0 Å². The van der Waals surface area contributed by atoms with Gasteiger partial charge in [-0.3, -0.25) is 14.5 Å². The number of amides is 2. The van der Waals surface area contributed by atoms with Crippen LogP contribution in [0.25, 0.3) is 39.8 Å². The van der Waals surface area contributed by atoms with Crippen molar-refractivity contribution in [3.63, 3.8) is 0 Å². The summed E-state index contributed by atoms with van der Waals surface area (Å²) in [5.74, 6) is 0.738. The quantitative estimate of drug-likeness (QED) is 0.303. The molecule has 1 aromatic heterocycles. The second-order valence-electron chi connectivity index (χ2n) is 10.3. The molecule has 3 aliphatic rings. The number of imide groups is 1. The predicted molar refractivity (Wildman–Crippen MR) is 145 cm³/mol. The molecule has 184 valence electrons. The summed E-state index contributed by atoms with van der Waals surface area (Å²) in [6.07, 6.45) is 14.9. The summed E-state index contributed by atoms with van der Waals surface area (Å²) in [4.78, 5) is 29.1. The average molecular weight is 480 g/mol. The molecule has 0 spiro atoms. The minimum absolute atomic E-state index is 0.0366. The van der Waals surface area contributed by atoms with Crippen LogP contribution in [0.4, 0.5) is 0 Å². The first-order valence-corrected chi connectivity index (χ1v) is 13.6. The number of carbonyl (C=O) groups excluding carboxylic acids is 2. The second-order valence-corrected chi connectivity index (χ2v) is 10.3.